The van der Waals surface area contributed by atoms with E-state index < -0.39 is 21.1 Å². The molecule has 2 atom stereocenters. The van der Waals surface area contributed by atoms with Gasteiger partial charge in [0.2, 0.25) is 0 Å². The van der Waals surface area contributed by atoms with Crippen LogP contribution < -0.4 is 0 Å². The van der Waals surface area contributed by atoms with Crippen molar-refractivity contribution in [1.29, 1.82) is 0 Å². The van der Waals surface area contributed by atoms with Crippen molar-refractivity contribution in [3.8, 4) is 0 Å². The van der Waals surface area contributed by atoms with Crippen molar-refractivity contribution in [3.05, 3.63) is 0 Å². The third-order valence-corrected chi connectivity index (χ3v) is 3.79. The molecule has 0 fully saturated rings. The van der Waals surface area contributed by atoms with Crippen LogP contribution in [-0.4, -0.2) is 26.2 Å². The van der Waals surface area contributed by atoms with Gasteiger partial charge in [-0.25, -0.2) is 0 Å². The molecule has 0 radical (unpaired) electrons. The number of rotatable bonds is 4. The lowest BCUT2D eigenvalue weighted by atomic mass is 10.2. The second kappa shape index (κ2) is 4.75. The number of carbonyl (C=O) groups is 1. The molecule has 0 aliphatic rings. The van der Waals surface area contributed by atoms with Gasteiger partial charge in [-0.15, -0.1) is 23.2 Å². The SMILES string of the molecule is CCC(Cl)(Cl)C(Cl)C(Cl)C(=O)O. The summed E-state index contributed by atoms with van der Waals surface area (Å²) in [5.41, 5.74) is 0. The minimum absolute atomic E-state index is 0.334. The molecule has 72 valence electrons. The van der Waals surface area contributed by atoms with Gasteiger partial charge in [-0.05, 0) is 6.42 Å². The fourth-order valence-electron chi connectivity index (χ4n) is 0.534. The molecule has 0 aromatic rings. The van der Waals surface area contributed by atoms with Crippen molar-refractivity contribution < 1.29 is 9.90 Å². The maximum Gasteiger partial charge on any atom is 0.323 e. The summed E-state index contributed by atoms with van der Waals surface area (Å²) < 4.78 is -1.30. The Bertz CT molecular complexity index is 171. The number of carboxylic acids is 1. The maximum absolute atomic E-state index is 10.4. The third-order valence-electron chi connectivity index (χ3n) is 1.37. The topological polar surface area (TPSA) is 37.3 Å². The molecule has 0 aliphatic carbocycles. The van der Waals surface area contributed by atoms with E-state index in [2.05, 4.69) is 0 Å². The average Bonchev–Trinajstić information content (AvgIpc) is 2.01. The number of hydrogen-bond donors (Lipinski definition) is 1. The van der Waals surface area contributed by atoms with Crippen LogP contribution in [0.15, 0.2) is 0 Å². The van der Waals surface area contributed by atoms with Crippen molar-refractivity contribution in [2.24, 2.45) is 0 Å². The van der Waals surface area contributed by atoms with Crippen LogP contribution in [0.1, 0.15) is 13.3 Å². The van der Waals surface area contributed by atoms with Gasteiger partial charge in [0.15, 0.2) is 0 Å². The van der Waals surface area contributed by atoms with Gasteiger partial charge in [0, 0.05) is 0 Å². The molecular weight excluding hydrogens is 246 g/mol. The van der Waals surface area contributed by atoms with E-state index in [0.29, 0.717) is 6.42 Å². The van der Waals surface area contributed by atoms with E-state index in [-0.39, 0.29) is 0 Å². The smallest absolute Gasteiger partial charge is 0.323 e. The summed E-state index contributed by atoms with van der Waals surface area (Å²) in [6.07, 6.45) is 0.334. The molecule has 0 saturated carbocycles. The van der Waals surface area contributed by atoms with Crippen LogP contribution in [0.4, 0.5) is 0 Å². The van der Waals surface area contributed by atoms with Gasteiger partial charge in [-0.2, -0.15) is 0 Å². The Hall–Kier alpha value is 0.630. The van der Waals surface area contributed by atoms with Gasteiger partial charge in [-0.1, -0.05) is 30.1 Å². The highest BCUT2D eigenvalue weighted by Gasteiger charge is 2.39. The lowest BCUT2D eigenvalue weighted by Gasteiger charge is -2.24. The molecule has 12 heavy (non-hydrogen) atoms. The molecule has 0 aromatic heterocycles. The fourth-order valence-corrected chi connectivity index (χ4v) is 1.39. The molecule has 2 nitrogen and oxygen atoms in total. The van der Waals surface area contributed by atoms with Crippen LogP contribution in [0.2, 0.25) is 0 Å². The Morgan fingerprint density at radius 3 is 2.17 bits per heavy atom. The monoisotopic (exact) mass is 252 g/mol. The summed E-state index contributed by atoms with van der Waals surface area (Å²) in [6.45, 7) is 1.70. The minimum Gasteiger partial charge on any atom is -0.480 e. The number of alkyl halides is 4. The van der Waals surface area contributed by atoms with Crippen LogP contribution in [0.25, 0.3) is 0 Å². The first-order chi connectivity index (χ1) is 5.33. The first-order valence-corrected chi connectivity index (χ1v) is 4.84. The molecule has 0 aromatic carbocycles. The summed E-state index contributed by atoms with van der Waals surface area (Å²) in [5, 5.41) is 6.19. The Labute approximate surface area is 90.7 Å². The number of aliphatic carboxylic acids is 1. The van der Waals surface area contributed by atoms with Gasteiger partial charge in [0.05, 0.1) is 5.38 Å². The normalized spacial score (nSPS) is 17.1. The molecule has 0 spiro atoms. The third kappa shape index (κ3) is 3.17. The van der Waals surface area contributed by atoms with E-state index in [1.807, 2.05) is 0 Å². The summed E-state index contributed by atoms with van der Waals surface area (Å²) in [6, 6.07) is 0. The van der Waals surface area contributed by atoms with E-state index >= 15 is 0 Å². The molecule has 2 unspecified atom stereocenters. The van der Waals surface area contributed by atoms with Gasteiger partial charge in [0.1, 0.15) is 9.71 Å². The van der Waals surface area contributed by atoms with Crippen molar-refractivity contribution in [1.82, 2.24) is 0 Å². The number of carboxylic acid groups (broad SMARTS) is 1. The molecule has 6 heteroatoms. The maximum atomic E-state index is 10.4. The Balaban J connectivity index is 4.37. The minimum atomic E-state index is -1.30. The van der Waals surface area contributed by atoms with Crippen LogP contribution >= 0.6 is 46.4 Å². The molecule has 0 saturated heterocycles. The van der Waals surface area contributed by atoms with Crippen LogP contribution in [0.3, 0.4) is 0 Å². The van der Waals surface area contributed by atoms with Crippen LogP contribution in [-0.2, 0) is 4.79 Å². The predicted molar refractivity (Wildman–Crippen MR) is 51.6 cm³/mol. The number of halogens is 4. The summed E-state index contributed by atoms with van der Waals surface area (Å²) in [5.74, 6) is -1.23. The second-order valence-electron chi connectivity index (χ2n) is 2.26. The van der Waals surface area contributed by atoms with Crippen LogP contribution in [0.5, 0.6) is 0 Å². The molecular formula is C6H8Cl4O2. The Kier molecular flexibility index (Phi) is 5.00. The molecule has 0 aliphatic heterocycles. The highest BCUT2D eigenvalue weighted by Crippen LogP contribution is 2.36. The van der Waals surface area contributed by atoms with E-state index in [9.17, 15) is 4.79 Å². The first kappa shape index (κ1) is 12.6. The van der Waals surface area contributed by atoms with Crippen molar-refractivity contribution in [2.45, 2.75) is 28.4 Å². The van der Waals surface area contributed by atoms with E-state index in [0.717, 1.165) is 0 Å². The molecule has 0 rings (SSSR count). The zero-order valence-corrected chi connectivity index (χ0v) is 9.25. The highest BCUT2D eigenvalue weighted by atomic mass is 35.5. The first-order valence-electron chi connectivity index (χ1n) is 3.21. The second-order valence-corrected chi connectivity index (χ2v) is 4.74. The summed E-state index contributed by atoms with van der Waals surface area (Å²) >= 11 is 22.5. The molecule has 1 N–H and O–H groups in total. The number of hydrogen-bond acceptors (Lipinski definition) is 1. The van der Waals surface area contributed by atoms with Crippen LogP contribution in [0, 0.1) is 0 Å². The largest absolute Gasteiger partial charge is 0.480 e. The van der Waals surface area contributed by atoms with Gasteiger partial charge < -0.3 is 5.11 Å². The van der Waals surface area contributed by atoms with E-state index in [1.165, 1.54) is 0 Å². The highest BCUT2D eigenvalue weighted by molar-refractivity contribution is 6.54. The van der Waals surface area contributed by atoms with Crippen molar-refractivity contribution in [3.63, 3.8) is 0 Å². The average molecular weight is 254 g/mol. The van der Waals surface area contributed by atoms with Gasteiger partial charge in [0.25, 0.3) is 0 Å². The van der Waals surface area contributed by atoms with Crippen molar-refractivity contribution in [2.75, 3.05) is 0 Å². The predicted octanol–water partition coefficient (Wildman–Crippen LogP) is 2.87. The standard InChI is InChI=1S/C6H8Cl4O2/c1-2-6(9,10)4(8)3(7)5(11)12/h3-4H,2H2,1H3,(H,11,12). The Morgan fingerprint density at radius 1 is 1.50 bits per heavy atom. The summed E-state index contributed by atoms with van der Waals surface area (Å²) in [4.78, 5) is 10.4. The zero-order chi connectivity index (χ0) is 9.94. The lowest BCUT2D eigenvalue weighted by Crippen LogP contribution is -2.37. The van der Waals surface area contributed by atoms with E-state index in [4.69, 9.17) is 51.5 Å². The molecule has 0 bridgehead atoms. The van der Waals surface area contributed by atoms with Gasteiger partial charge in [-0.3, -0.25) is 4.79 Å². The Morgan fingerprint density at radius 2 is 1.92 bits per heavy atom. The molecule has 0 amide bonds. The lowest BCUT2D eigenvalue weighted by molar-refractivity contribution is -0.136. The quantitative estimate of drug-likeness (QED) is 0.783. The summed E-state index contributed by atoms with van der Waals surface area (Å²) in [7, 11) is 0. The van der Waals surface area contributed by atoms with E-state index in [1.54, 1.807) is 6.92 Å². The molecule has 0 heterocycles. The van der Waals surface area contributed by atoms with Crippen molar-refractivity contribution >= 4 is 52.4 Å². The zero-order valence-electron chi connectivity index (χ0n) is 6.23. The van der Waals surface area contributed by atoms with Gasteiger partial charge >= 0.3 is 5.97 Å². The fraction of sp³-hybridized carbons (Fsp3) is 0.833.